The largest absolute Gasteiger partial charge is 0.330 e. The van der Waals surface area contributed by atoms with Gasteiger partial charge in [-0.25, -0.2) is 0 Å². The van der Waals surface area contributed by atoms with Crippen molar-refractivity contribution in [2.24, 2.45) is 11.5 Å². The number of hydrogen-bond acceptors (Lipinski definition) is 2. The molecule has 0 aromatic heterocycles. The lowest BCUT2D eigenvalue weighted by Gasteiger charge is -2.07. The van der Waals surface area contributed by atoms with Gasteiger partial charge in [-0.15, -0.1) is 0 Å². The molecule has 114 valence electrons. The maximum absolute atomic E-state index is 5.53. The molecule has 2 unspecified atom stereocenters. The molecule has 0 aliphatic carbocycles. The van der Waals surface area contributed by atoms with Gasteiger partial charge in [0, 0.05) is 4.47 Å². The Hall–Kier alpha value is -1.16. The first-order chi connectivity index (χ1) is 10.1. The standard InChI is InChI=1S/C9H12BrN.C9H13N/c1-7(6-11)8-2-4-9(10)5-3-8;1-8(7-10)9-5-3-2-4-6-9/h2-5,7H,6,11H2,1H3;2-6,8H,7,10H2,1H3. The normalized spacial score (nSPS) is 13.0. The van der Waals surface area contributed by atoms with Crippen LogP contribution in [0, 0.1) is 0 Å². The van der Waals surface area contributed by atoms with Crippen LogP contribution in [-0.4, -0.2) is 13.1 Å². The van der Waals surface area contributed by atoms with Crippen molar-refractivity contribution in [3.05, 3.63) is 70.2 Å². The Morgan fingerprint density at radius 2 is 1.19 bits per heavy atom. The molecule has 0 radical (unpaired) electrons. The zero-order chi connectivity index (χ0) is 15.7. The highest BCUT2D eigenvalue weighted by Crippen LogP contribution is 2.17. The van der Waals surface area contributed by atoms with E-state index in [4.69, 9.17) is 11.5 Å². The molecule has 2 rings (SSSR count). The van der Waals surface area contributed by atoms with Crippen molar-refractivity contribution in [3.63, 3.8) is 0 Å². The van der Waals surface area contributed by atoms with E-state index >= 15 is 0 Å². The fourth-order valence-electron chi connectivity index (χ4n) is 1.85. The van der Waals surface area contributed by atoms with E-state index in [1.54, 1.807) is 0 Å². The van der Waals surface area contributed by atoms with E-state index in [-0.39, 0.29) is 0 Å². The van der Waals surface area contributed by atoms with Gasteiger partial charge in [-0.2, -0.15) is 0 Å². The van der Waals surface area contributed by atoms with Crippen LogP contribution in [0.2, 0.25) is 0 Å². The zero-order valence-electron chi connectivity index (χ0n) is 12.8. The molecule has 0 saturated heterocycles. The van der Waals surface area contributed by atoms with Gasteiger partial charge in [0.2, 0.25) is 0 Å². The third-order valence-electron chi connectivity index (χ3n) is 3.51. The van der Waals surface area contributed by atoms with Crippen LogP contribution in [0.3, 0.4) is 0 Å². The molecule has 0 saturated carbocycles. The van der Waals surface area contributed by atoms with E-state index in [0.29, 0.717) is 18.4 Å². The van der Waals surface area contributed by atoms with Crippen LogP contribution in [-0.2, 0) is 0 Å². The zero-order valence-corrected chi connectivity index (χ0v) is 14.4. The van der Waals surface area contributed by atoms with Gasteiger partial charge in [0.05, 0.1) is 0 Å². The summed E-state index contributed by atoms with van der Waals surface area (Å²) in [6.07, 6.45) is 0. The lowest BCUT2D eigenvalue weighted by Crippen LogP contribution is -2.08. The van der Waals surface area contributed by atoms with Gasteiger partial charge >= 0.3 is 0 Å². The highest BCUT2D eigenvalue weighted by atomic mass is 79.9. The molecule has 0 heterocycles. The molecule has 3 heteroatoms. The highest BCUT2D eigenvalue weighted by Gasteiger charge is 2.01. The molecule has 2 nitrogen and oxygen atoms in total. The van der Waals surface area contributed by atoms with Crippen molar-refractivity contribution in [3.8, 4) is 0 Å². The van der Waals surface area contributed by atoms with E-state index in [2.05, 4.69) is 54.0 Å². The monoisotopic (exact) mass is 348 g/mol. The summed E-state index contributed by atoms with van der Waals surface area (Å²) in [4.78, 5) is 0. The summed E-state index contributed by atoms with van der Waals surface area (Å²) in [5.74, 6) is 0.948. The quantitative estimate of drug-likeness (QED) is 0.867. The Bertz CT molecular complexity index is 496. The van der Waals surface area contributed by atoms with E-state index in [0.717, 1.165) is 11.0 Å². The summed E-state index contributed by atoms with van der Waals surface area (Å²) in [7, 11) is 0. The van der Waals surface area contributed by atoms with Crippen LogP contribution in [0.25, 0.3) is 0 Å². The average Bonchev–Trinajstić information content (AvgIpc) is 2.55. The number of benzene rings is 2. The van der Waals surface area contributed by atoms with Gasteiger partial charge in [0.15, 0.2) is 0 Å². The number of rotatable bonds is 4. The van der Waals surface area contributed by atoms with Gasteiger partial charge in [-0.3, -0.25) is 0 Å². The fraction of sp³-hybridized carbons (Fsp3) is 0.333. The first-order valence-electron chi connectivity index (χ1n) is 7.29. The summed E-state index contributed by atoms with van der Waals surface area (Å²) >= 11 is 3.39. The molecular weight excluding hydrogens is 324 g/mol. The topological polar surface area (TPSA) is 52.0 Å². The molecule has 2 atom stereocenters. The maximum Gasteiger partial charge on any atom is 0.0175 e. The maximum atomic E-state index is 5.53. The molecule has 0 fully saturated rings. The second-order valence-corrected chi connectivity index (χ2v) is 6.15. The Morgan fingerprint density at radius 1 is 0.762 bits per heavy atom. The molecule has 0 aliphatic heterocycles. The molecule has 0 aliphatic rings. The molecular formula is C18H25BrN2. The molecule has 0 bridgehead atoms. The van der Waals surface area contributed by atoms with Gasteiger partial charge in [0.1, 0.15) is 0 Å². The minimum Gasteiger partial charge on any atom is -0.330 e. The van der Waals surface area contributed by atoms with Crippen LogP contribution >= 0.6 is 15.9 Å². The van der Waals surface area contributed by atoms with Gasteiger partial charge in [-0.1, -0.05) is 72.2 Å². The summed E-state index contributed by atoms with van der Waals surface area (Å²) in [5.41, 5.74) is 13.7. The third-order valence-corrected chi connectivity index (χ3v) is 4.04. The molecule has 2 aromatic rings. The third kappa shape index (κ3) is 6.42. The van der Waals surface area contributed by atoms with Crippen molar-refractivity contribution >= 4 is 15.9 Å². The summed E-state index contributed by atoms with van der Waals surface area (Å²) in [6, 6.07) is 18.6. The van der Waals surface area contributed by atoms with Gasteiger partial charge < -0.3 is 11.5 Å². The predicted octanol–water partition coefficient (Wildman–Crippen LogP) is 4.26. The first kappa shape index (κ1) is 17.9. The molecule has 0 amide bonds. The van der Waals surface area contributed by atoms with Crippen LogP contribution in [0.5, 0.6) is 0 Å². The lowest BCUT2D eigenvalue weighted by atomic mass is 10.0. The van der Waals surface area contributed by atoms with E-state index in [9.17, 15) is 0 Å². The van der Waals surface area contributed by atoms with Crippen LogP contribution < -0.4 is 11.5 Å². The van der Waals surface area contributed by atoms with Crippen molar-refractivity contribution in [1.82, 2.24) is 0 Å². The van der Waals surface area contributed by atoms with E-state index < -0.39 is 0 Å². The second-order valence-electron chi connectivity index (χ2n) is 5.24. The van der Waals surface area contributed by atoms with Crippen molar-refractivity contribution < 1.29 is 0 Å². The Kier molecular flexibility index (Phi) is 8.28. The highest BCUT2D eigenvalue weighted by molar-refractivity contribution is 9.10. The van der Waals surface area contributed by atoms with E-state index in [1.807, 2.05) is 30.3 Å². The summed E-state index contributed by atoms with van der Waals surface area (Å²) in [6.45, 7) is 5.70. The van der Waals surface area contributed by atoms with Gasteiger partial charge in [0.25, 0.3) is 0 Å². The molecule has 0 spiro atoms. The summed E-state index contributed by atoms with van der Waals surface area (Å²) < 4.78 is 1.12. The lowest BCUT2D eigenvalue weighted by molar-refractivity contribution is 0.774. The second kappa shape index (κ2) is 9.72. The smallest absolute Gasteiger partial charge is 0.0175 e. The predicted molar refractivity (Wildman–Crippen MR) is 95.5 cm³/mol. The Balaban J connectivity index is 0.000000211. The van der Waals surface area contributed by atoms with Crippen molar-refractivity contribution in [2.45, 2.75) is 25.7 Å². The number of hydrogen-bond donors (Lipinski definition) is 2. The minimum atomic E-state index is 0.461. The molecule has 21 heavy (non-hydrogen) atoms. The number of nitrogens with two attached hydrogens (primary N) is 2. The average molecular weight is 349 g/mol. The van der Waals surface area contributed by atoms with Crippen molar-refractivity contribution in [2.75, 3.05) is 13.1 Å². The van der Waals surface area contributed by atoms with E-state index in [1.165, 1.54) is 11.1 Å². The van der Waals surface area contributed by atoms with Gasteiger partial charge in [-0.05, 0) is 48.2 Å². The SMILES string of the molecule is CC(CN)c1ccc(Br)cc1.CC(CN)c1ccccc1. The molecule has 2 aromatic carbocycles. The van der Waals surface area contributed by atoms with Crippen LogP contribution in [0.4, 0.5) is 0 Å². The molecule has 4 N–H and O–H groups in total. The van der Waals surface area contributed by atoms with Crippen LogP contribution in [0.15, 0.2) is 59.1 Å². The van der Waals surface area contributed by atoms with Crippen LogP contribution in [0.1, 0.15) is 36.8 Å². The first-order valence-corrected chi connectivity index (χ1v) is 8.08. The Morgan fingerprint density at radius 3 is 1.62 bits per heavy atom. The Labute approximate surface area is 136 Å². The minimum absolute atomic E-state index is 0.461. The fourth-order valence-corrected chi connectivity index (χ4v) is 2.11. The van der Waals surface area contributed by atoms with Crippen molar-refractivity contribution in [1.29, 1.82) is 0 Å². The summed E-state index contributed by atoms with van der Waals surface area (Å²) in [5, 5.41) is 0. The number of halogens is 1.